The Kier molecular flexibility index (Phi) is 4.69. The Bertz CT molecular complexity index is 461. The zero-order valence-electron chi connectivity index (χ0n) is 13.3. The molecule has 5 heteroatoms. The molecule has 0 radical (unpaired) electrons. The van der Waals surface area contributed by atoms with Crippen molar-refractivity contribution in [3.63, 3.8) is 0 Å². The van der Waals surface area contributed by atoms with Crippen LogP contribution in [0.25, 0.3) is 0 Å². The van der Waals surface area contributed by atoms with Gasteiger partial charge in [0.1, 0.15) is 0 Å². The molecule has 3 rings (SSSR count). The number of nitrogens with one attached hydrogen (secondary N) is 1. The molecule has 2 fully saturated rings. The van der Waals surface area contributed by atoms with E-state index in [1.165, 1.54) is 37.8 Å². The lowest BCUT2D eigenvalue weighted by atomic mass is 9.69. The third-order valence-electron chi connectivity index (χ3n) is 5.40. The van der Waals surface area contributed by atoms with Gasteiger partial charge in [0.05, 0.1) is 5.69 Å². The standard InChI is InChI=1S/C16H27BrN4/c1-10(2)11-4-5-12(9-18-13-6-7-13)14(8-11)15-16(17)19-20-21(15)3/h10-14,18H,4-9H2,1-3H3. The summed E-state index contributed by atoms with van der Waals surface area (Å²) < 4.78 is 2.91. The molecule has 118 valence electrons. The molecule has 2 aliphatic carbocycles. The van der Waals surface area contributed by atoms with Crippen LogP contribution in [0.2, 0.25) is 0 Å². The van der Waals surface area contributed by atoms with Crippen molar-refractivity contribution in [3.8, 4) is 0 Å². The molecule has 0 aromatic carbocycles. The third kappa shape index (κ3) is 3.50. The van der Waals surface area contributed by atoms with Gasteiger partial charge >= 0.3 is 0 Å². The maximum Gasteiger partial charge on any atom is 0.151 e. The summed E-state index contributed by atoms with van der Waals surface area (Å²) >= 11 is 3.61. The van der Waals surface area contributed by atoms with Crippen LogP contribution in [-0.2, 0) is 7.05 Å². The molecule has 1 aromatic heterocycles. The third-order valence-corrected chi connectivity index (χ3v) is 5.97. The highest BCUT2D eigenvalue weighted by atomic mass is 79.9. The Hall–Kier alpha value is -0.420. The van der Waals surface area contributed by atoms with E-state index in [0.717, 1.165) is 29.0 Å². The van der Waals surface area contributed by atoms with E-state index in [4.69, 9.17) is 0 Å². The minimum atomic E-state index is 0.576. The van der Waals surface area contributed by atoms with E-state index in [2.05, 4.69) is 45.4 Å². The summed E-state index contributed by atoms with van der Waals surface area (Å²) in [5, 5.41) is 12.2. The highest BCUT2D eigenvalue weighted by Gasteiger charge is 2.36. The van der Waals surface area contributed by atoms with Crippen LogP contribution in [0.3, 0.4) is 0 Å². The molecular weight excluding hydrogens is 328 g/mol. The second-order valence-electron chi connectivity index (χ2n) is 7.26. The average Bonchev–Trinajstić information content (AvgIpc) is 3.22. The van der Waals surface area contributed by atoms with E-state index in [1.807, 2.05) is 11.7 Å². The van der Waals surface area contributed by atoms with Gasteiger partial charge in [0.2, 0.25) is 0 Å². The lowest BCUT2D eigenvalue weighted by Gasteiger charge is -2.38. The summed E-state index contributed by atoms with van der Waals surface area (Å²) in [6, 6.07) is 0.793. The van der Waals surface area contributed by atoms with Crippen molar-refractivity contribution in [2.75, 3.05) is 6.54 Å². The smallest absolute Gasteiger partial charge is 0.151 e. The summed E-state index contributed by atoms with van der Waals surface area (Å²) in [7, 11) is 2.03. The number of hydrogen-bond donors (Lipinski definition) is 1. The second-order valence-corrected chi connectivity index (χ2v) is 8.01. The van der Waals surface area contributed by atoms with Crippen molar-refractivity contribution in [1.29, 1.82) is 0 Å². The summed E-state index contributed by atoms with van der Waals surface area (Å²) in [5.74, 6) is 2.89. The summed E-state index contributed by atoms with van der Waals surface area (Å²) in [6.45, 7) is 5.87. The number of halogens is 1. The van der Waals surface area contributed by atoms with Crippen LogP contribution in [0.15, 0.2) is 4.60 Å². The molecule has 3 unspecified atom stereocenters. The molecule has 2 saturated carbocycles. The van der Waals surface area contributed by atoms with Crippen molar-refractivity contribution >= 4 is 15.9 Å². The zero-order valence-corrected chi connectivity index (χ0v) is 14.9. The largest absolute Gasteiger partial charge is 0.314 e. The number of rotatable bonds is 5. The lowest BCUT2D eigenvalue weighted by Crippen LogP contribution is -2.35. The zero-order chi connectivity index (χ0) is 15.0. The molecule has 0 bridgehead atoms. The molecule has 2 aliphatic rings. The van der Waals surface area contributed by atoms with E-state index < -0.39 is 0 Å². The van der Waals surface area contributed by atoms with Crippen molar-refractivity contribution in [2.24, 2.45) is 24.8 Å². The van der Waals surface area contributed by atoms with Crippen molar-refractivity contribution in [1.82, 2.24) is 20.3 Å². The Balaban J connectivity index is 1.77. The van der Waals surface area contributed by atoms with Gasteiger partial charge in [-0.25, -0.2) is 0 Å². The first kappa shape index (κ1) is 15.5. The monoisotopic (exact) mass is 354 g/mol. The lowest BCUT2D eigenvalue weighted by molar-refractivity contribution is 0.184. The van der Waals surface area contributed by atoms with Crippen molar-refractivity contribution in [3.05, 3.63) is 10.3 Å². The maximum atomic E-state index is 4.21. The Labute approximate surface area is 136 Å². The topological polar surface area (TPSA) is 42.7 Å². The molecule has 0 amide bonds. The van der Waals surface area contributed by atoms with Crippen LogP contribution in [0.4, 0.5) is 0 Å². The van der Waals surface area contributed by atoms with E-state index in [9.17, 15) is 0 Å². The predicted molar refractivity (Wildman–Crippen MR) is 88.1 cm³/mol. The van der Waals surface area contributed by atoms with Crippen LogP contribution < -0.4 is 5.32 Å². The number of hydrogen-bond acceptors (Lipinski definition) is 3. The first-order chi connectivity index (χ1) is 10.1. The molecule has 0 spiro atoms. The van der Waals surface area contributed by atoms with Gasteiger partial charge in [0.15, 0.2) is 4.60 Å². The van der Waals surface area contributed by atoms with Gasteiger partial charge in [-0.3, -0.25) is 4.68 Å². The number of aromatic nitrogens is 3. The summed E-state index contributed by atoms with van der Waals surface area (Å²) in [5.41, 5.74) is 1.29. The van der Waals surface area contributed by atoms with E-state index in [0.29, 0.717) is 11.8 Å². The Morgan fingerprint density at radius 2 is 2.05 bits per heavy atom. The second kappa shape index (κ2) is 6.37. The molecule has 21 heavy (non-hydrogen) atoms. The van der Waals surface area contributed by atoms with E-state index in [-0.39, 0.29) is 0 Å². The van der Waals surface area contributed by atoms with Gasteiger partial charge in [-0.05, 0) is 72.3 Å². The SMILES string of the molecule is CC(C)C1CCC(CNC2CC2)C(c2c(Br)nnn2C)C1. The van der Waals surface area contributed by atoms with Gasteiger partial charge in [-0.15, -0.1) is 5.10 Å². The van der Waals surface area contributed by atoms with Crippen LogP contribution in [-0.4, -0.2) is 27.6 Å². The summed E-state index contributed by atoms with van der Waals surface area (Å²) in [6.07, 6.45) is 6.69. The fraction of sp³-hybridized carbons (Fsp3) is 0.875. The van der Waals surface area contributed by atoms with Gasteiger partial charge in [0, 0.05) is 19.0 Å². The van der Waals surface area contributed by atoms with Gasteiger partial charge < -0.3 is 5.32 Å². The van der Waals surface area contributed by atoms with Gasteiger partial charge in [-0.1, -0.05) is 19.1 Å². The van der Waals surface area contributed by atoms with E-state index in [1.54, 1.807) is 0 Å². The van der Waals surface area contributed by atoms with Crippen LogP contribution in [0.1, 0.15) is 57.6 Å². The maximum absolute atomic E-state index is 4.21. The van der Waals surface area contributed by atoms with Crippen molar-refractivity contribution in [2.45, 2.75) is 57.9 Å². The Morgan fingerprint density at radius 1 is 1.29 bits per heavy atom. The van der Waals surface area contributed by atoms with Crippen molar-refractivity contribution < 1.29 is 0 Å². The first-order valence-electron chi connectivity index (χ1n) is 8.34. The fourth-order valence-electron chi connectivity index (χ4n) is 3.79. The highest BCUT2D eigenvalue weighted by molar-refractivity contribution is 9.10. The fourth-order valence-corrected chi connectivity index (χ4v) is 4.41. The molecule has 1 N–H and O–H groups in total. The quantitative estimate of drug-likeness (QED) is 0.879. The molecule has 4 nitrogen and oxygen atoms in total. The van der Waals surface area contributed by atoms with Gasteiger partial charge in [-0.2, -0.15) is 0 Å². The summed E-state index contributed by atoms with van der Waals surface area (Å²) in [4.78, 5) is 0. The Morgan fingerprint density at radius 3 is 2.62 bits per heavy atom. The molecular formula is C16H27BrN4. The van der Waals surface area contributed by atoms with Gasteiger partial charge in [0.25, 0.3) is 0 Å². The molecule has 0 aliphatic heterocycles. The molecule has 0 saturated heterocycles. The number of aryl methyl sites for hydroxylation is 1. The van der Waals surface area contributed by atoms with E-state index >= 15 is 0 Å². The van der Waals surface area contributed by atoms with Crippen LogP contribution >= 0.6 is 15.9 Å². The normalized spacial score (nSPS) is 30.0. The molecule has 1 heterocycles. The minimum Gasteiger partial charge on any atom is -0.314 e. The average molecular weight is 355 g/mol. The molecule has 1 aromatic rings. The first-order valence-corrected chi connectivity index (χ1v) is 9.14. The highest BCUT2D eigenvalue weighted by Crippen LogP contribution is 2.44. The predicted octanol–water partition coefficient (Wildman–Crippen LogP) is 3.49. The minimum absolute atomic E-state index is 0.576. The number of nitrogens with zero attached hydrogens (tertiary/aromatic N) is 3. The van der Waals surface area contributed by atoms with Crippen LogP contribution in [0, 0.1) is 17.8 Å². The molecule has 3 atom stereocenters. The van der Waals surface area contributed by atoms with Crippen LogP contribution in [0.5, 0.6) is 0 Å².